The molecule has 18 heavy (non-hydrogen) atoms. The highest BCUT2D eigenvalue weighted by Crippen LogP contribution is 2.35. The first-order chi connectivity index (χ1) is 8.76. The maximum absolute atomic E-state index is 5.83. The number of nitrogens with two attached hydrogens (primary N) is 1. The van der Waals surface area contributed by atoms with Crippen molar-refractivity contribution in [2.24, 2.45) is 11.7 Å². The van der Waals surface area contributed by atoms with Crippen molar-refractivity contribution in [2.75, 3.05) is 6.54 Å². The molecule has 2 N–H and O–H groups in total. The van der Waals surface area contributed by atoms with Gasteiger partial charge in [-0.1, -0.05) is 0 Å². The van der Waals surface area contributed by atoms with Crippen LogP contribution >= 0.6 is 0 Å². The Morgan fingerprint density at radius 1 is 1.33 bits per heavy atom. The summed E-state index contributed by atoms with van der Waals surface area (Å²) in [6.07, 6.45) is 6.43. The predicted molar refractivity (Wildman–Crippen MR) is 70.3 cm³/mol. The van der Waals surface area contributed by atoms with Crippen LogP contribution < -0.4 is 5.73 Å². The van der Waals surface area contributed by atoms with E-state index in [1.165, 1.54) is 12.8 Å². The van der Waals surface area contributed by atoms with E-state index >= 15 is 0 Å². The van der Waals surface area contributed by atoms with Crippen molar-refractivity contribution >= 4 is 11.1 Å². The number of fused-ring (bicyclic) bond motifs is 1. The van der Waals surface area contributed by atoms with Crippen molar-refractivity contribution in [3.63, 3.8) is 0 Å². The first kappa shape index (κ1) is 11.7. The Morgan fingerprint density at radius 3 is 2.83 bits per heavy atom. The predicted octanol–water partition coefficient (Wildman–Crippen LogP) is 2.76. The molecule has 0 spiro atoms. The lowest BCUT2D eigenvalue weighted by Gasteiger charge is -2.25. The lowest BCUT2D eigenvalue weighted by molar-refractivity contribution is 0.301. The standard InChI is InChI=1S/C14H19N3O/c1-9-6-12-13(8-16-9)18-14(17-12)11-4-2-10(7-15)3-5-11/h6,8,10-11H,2-5,7,15H2,1H3. The molecular weight excluding hydrogens is 226 g/mol. The largest absolute Gasteiger partial charge is 0.439 e. The topological polar surface area (TPSA) is 64.9 Å². The van der Waals surface area contributed by atoms with Gasteiger partial charge in [0, 0.05) is 11.6 Å². The summed E-state index contributed by atoms with van der Waals surface area (Å²) >= 11 is 0. The lowest BCUT2D eigenvalue weighted by atomic mass is 9.82. The maximum Gasteiger partial charge on any atom is 0.198 e. The van der Waals surface area contributed by atoms with Gasteiger partial charge < -0.3 is 10.2 Å². The molecule has 0 aromatic carbocycles. The molecule has 4 nitrogen and oxygen atoms in total. The van der Waals surface area contributed by atoms with Gasteiger partial charge in [0.25, 0.3) is 0 Å². The minimum Gasteiger partial charge on any atom is -0.439 e. The van der Waals surface area contributed by atoms with Crippen molar-refractivity contribution in [3.8, 4) is 0 Å². The van der Waals surface area contributed by atoms with Crippen molar-refractivity contribution < 1.29 is 4.42 Å². The molecule has 96 valence electrons. The third kappa shape index (κ3) is 2.12. The molecule has 4 heteroatoms. The lowest BCUT2D eigenvalue weighted by Crippen LogP contribution is -2.20. The van der Waals surface area contributed by atoms with Gasteiger partial charge in [0.2, 0.25) is 0 Å². The van der Waals surface area contributed by atoms with Gasteiger partial charge in [0.1, 0.15) is 5.52 Å². The summed E-state index contributed by atoms with van der Waals surface area (Å²) in [5, 5.41) is 0. The highest BCUT2D eigenvalue weighted by Gasteiger charge is 2.25. The quantitative estimate of drug-likeness (QED) is 0.883. The SMILES string of the molecule is Cc1cc2nc(C3CCC(CN)CC3)oc2cn1. The van der Waals surface area contributed by atoms with E-state index in [-0.39, 0.29) is 0 Å². The zero-order valence-electron chi connectivity index (χ0n) is 10.7. The van der Waals surface area contributed by atoms with E-state index in [4.69, 9.17) is 10.2 Å². The molecular formula is C14H19N3O. The van der Waals surface area contributed by atoms with Crippen LogP contribution in [0, 0.1) is 12.8 Å². The molecule has 0 aliphatic heterocycles. The fraction of sp³-hybridized carbons (Fsp3) is 0.571. The Hall–Kier alpha value is -1.42. The summed E-state index contributed by atoms with van der Waals surface area (Å²) < 4.78 is 5.83. The minimum absolute atomic E-state index is 0.459. The minimum atomic E-state index is 0.459. The van der Waals surface area contributed by atoms with E-state index in [9.17, 15) is 0 Å². The van der Waals surface area contributed by atoms with Crippen molar-refractivity contribution in [1.29, 1.82) is 0 Å². The molecule has 1 fully saturated rings. The molecule has 3 rings (SSSR count). The van der Waals surface area contributed by atoms with Crippen LogP contribution in [0.1, 0.15) is 43.2 Å². The van der Waals surface area contributed by atoms with Gasteiger partial charge in [-0.15, -0.1) is 0 Å². The summed E-state index contributed by atoms with van der Waals surface area (Å²) in [4.78, 5) is 8.85. The van der Waals surface area contributed by atoms with Crippen LogP contribution in [0.25, 0.3) is 11.1 Å². The molecule has 0 atom stereocenters. The van der Waals surface area contributed by atoms with E-state index in [0.717, 1.165) is 42.1 Å². The molecule has 1 aliphatic carbocycles. The average molecular weight is 245 g/mol. The van der Waals surface area contributed by atoms with E-state index in [2.05, 4.69) is 9.97 Å². The molecule has 0 saturated heterocycles. The third-order valence-corrected chi connectivity index (χ3v) is 3.96. The van der Waals surface area contributed by atoms with Crippen molar-refractivity contribution in [2.45, 2.75) is 38.5 Å². The average Bonchev–Trinajstić information content (AvgIpc) is 2.81. The van der Waals surface area contributed by atoms with Crippen molar-refractivity contribution in [3.05, 3.63) is 23.8 Å². The molecule has 1 aliphatic rings. The molecule has 0 radical (unpaired) electrons. The number of rotatable bonds is 2. The second kappa shape index (κ2) is 4.69. The molecule has 1 saturated carbocycles. The highest BCUT2D eigenvalue weighted by atomic mass is 16.3. The Kier molecular flexibility index (Phi) is 3.04. The maximum atomic E-state index is 5.83. The van der Waals surface area contributed by atoms with Crippen LogP contribution in [-0.4, -0.2) is 16.5 Å². The summed E-state index contributed by atoms with van der Waals surface area (Å²) in [6, 6.07) is 1.98. The third-order valence-electron chi connectivity index (χ3n) is 3.96. The number of aromatic nitrogens is 2. The van der Waals surface area contributed by atoms with E-state index in [1.807, 2.05) is 13.0 Å². The summed E-state index contributed by atoms with van der Waals surface area (Å²) in [5.41, 5.74) is 8.43. The fourth-order valence-electron chi connectivity index (χ4n) is 2.77. The van der Waals surface area contributed by atoms with Gasteiger partial charge >= 0.3 is 0 Å². The monoisotopic (exact) mass is 245 g/mol. The number of aryl methyl sites for hydroxylation is 1. The van der Waals surface area contributed by atoms with Crippen LogP contribution in [0.2, 0.25) is 0 Å². The zero-order valence-corrected chi connectivity index (χ0v) is 10.7. The van der Waals surface area contributed by atoms with E-state index in [0.29, 0.717) is 11.8 Å². The Bertz CT molecular complexity index is 541. The fourth-order valence-corrected chi connectivity index (χ4v) is 2.77. The van der Waals surface area contributed by atoms with Gasteiger partial charge in [0.05, 0.1) is 6.20 Å². The van der Waals surface area contributed by atoms with Crippen molar-refractivity contribution in [1.82, 2.24) is 9.97 Å². The Labute approximate surface area is 107 Å². The first-order valence-electron chi connectivity index (χ1n) is 6.69. The summed E-state index contributed by atoms with van der Waals surface area (Å²) in [6.45, 7) is 2.78. The Balaban J connectivity index is 1.82. The second-order valence-corrected chi connectivity index (χ2v) is 5.30. The summed E-state index contributed by atoms with van der Waals surface area (Å²) in [7, 11) is 0. The van der Waals surface area contributed by atoms with Crippen LogP contribution in [0.5, 0.6) is 0 Å². The van der Waals surface area contributed by atoms with Gasteiger partial charge in [-0.25, -0.2) is 4.98 Å². The number of pyridine rings is 1. The normalized spacial score (nSPS) is 24.6. The smallest absolute Gasteiger partial charge is 0.198 e. The molecule has 2 heterocycles. The van der Waals surface area contributed by atoms with E-state index < -0.39 is 0 Å². The first-order valence-corrected chi connectivity index (χ1v) is 6.69. The second-order valence-electron chi connectivity index (χ2n) is 5.30. The zero-order chi connectivity index (χ0) is 12.5. The van der Waals surface area contributed by atoms with Gasteiger partial charge in [-0.05, 0) is 51.1 Å². The van der Waals surface area contributed by atoms with Crippen LogP contribution in [0.15, 0.2) is 16.7 Å². The van der Waals surface area contributed by atoms with Gasteiger partial charge in [0.15, 0.2) is 11.5 Å². The summed E-state index contributed by atoms with van der Waals surface area (Å²) in [5.74, 6) is 2.03. The molecule has 0 bridgehead atoms. The molecule has 0 unspecified atom stereocenters. The number of oxazole rings is 1. The molecule has 2 aromatic heterocycles. The van der Waals surface area contributed by atoms with Gasteiger partial charge in [-0.3, -0.25) is 4.98 Å². The molecule has 0 amide bonds. The van der Waals surface area contributed by atoms with Crippen LogP contribution in [-0.2, 0) is 0 Å². The number of hydrogen-bond donors (Lipinski definition) is 1. The van der Waals surface area contributed by atoms with E-state index in [1.54, 1.807) is 6.20 Å². The highest BCUT2D eigenvalue weighted by molar-refractivity contribution is 5.71. The number of nitrogens with zero attached hydrogens (tertiary/aromatic N) is 2. The van der Waals surface area contributed by atoms with Gasteiger partial charge in [-0.2, -0.15) is 0 Å². The van der Waals surface area contributed by atoms with Crippen LogP contribution in [0.4, 0.5) is 0 Å². The molecule has 2 aromatic rings. The number of hydrogen-bond acceptors (Lipinski definition) is 4. The van der Waals surface area contributed by atoms with Crippen LogP contribution in [0.3, 0.4) is 0 Å². The Morgan fingerprint density at radius 2 is 2.11 bits per heavy atom.